The van der Waals surface area contributed by atoms with Gasteiger partial charge >= 0.3 is 0 Å². The van der Waals surface area contributed by atoms with Crippen molar-refractivity contribution < 1.29 is 0 Å². The lowest BCUT2D eigenvalue weighted by Crippen LogP contribution is -1.79. The van der Waals surface area contributed by atoms with Crippen LogP contribution in [0.25, 0.3) is 0 Å². The quantitative estimate of drug-likeness (QED) is 0.312. The summed E-state index contributed by atoms with van der Waals surface area (Å²) in [5, 5.41) is 0. The average Bonchev–Trinajstić information content (AvgIpc) is 2.31. The SMILES string of the molecule is [CH]=C/C=C/C=C/CCCCCCCCCC. The van der Waals surface area contributed by atoms with Gasteiger partial charge in [0.2, 0.25) is 0 Å². The largest absolute Gasteiger partial charge is 0.0845 e. The highest BCUT2D eigenvalue weighted by molar-refractivity contribution is 5.07. The Labute approximate surface area is 102 Å². The third-order valence-corrected chi connectivity index (χ3v) is 2.69. The first-order valence-corrected chi connectivity index (χ1v) is 6.78. The topological polar surface area (TPSA) is 0 Å². The van der Waals surface area contributed by atoms with Crippen LogP contribution in [0.4, 0.5) is 0 Å². The smallest absolute Gasteiger partial charge is 0.0348 e. The van der Waals surface area contributed by atoms with E-state index in [-0.39, 0.29) is 0 Å². The Morgan fingerprint density at radius 1 is 0.750 bits per heavy atom. The fraction of sp³-hybridized carbons (Fsp3) is 0.625. The van der Waals surface area contributed by atoms with E-state index in [9.17, 15) is 0 Å². The molecule has 16 heavy (non-hydrogen) atoms. The van der Waals surface area contributed by atoms with Gasteiger partial charge in [0.15, 0.2) is 0 Å². The molecule has 0 aliphatic heterocycles. The van der Waals surface area contributed by atoms with Crippen LogP contribution in [0.1, 0.15) is 64.7 Å². The van der Waals surface area contributed by atoms with Gasteiger partial charge in [-0.05, 0) is 12.8 Å². The molecule has 0 aromatic rings. The van der Waals surface area contributed by atoms with Crippen LogP contribution in [0.15, 0.2) is 30.4 Å². The third kappa shape index (κ3) is 13.2. The molecule has 0 aromatic heterocycles. The molecule has 1 radical (unpaired) electrons. The van der Waals surface area contributed by atoms with Crippen molar-refractivity contribution in [3.05, 3.63) is 37.0 Å². The van der Waals surface area contributed by atoms with Crippen LogP contribution < -0.4 is 0 Å². The summed E-state index contributed by atoms with van der Waals surface area (Å²) in [5.74, 6) is 0. The van der Waals surface area contributed by atoms with Crippen LogP contribution in [0.5, 0.6) is 0 Å². The Morgan fingerprint density at radius 2 is 1.38 bits per heavy atom. The molecule has 91 valence electrons. The van der Waals surface area contributed by atoms with Crippen LogP contribution in [0, 0.1) is 6.58 Å². The highest BCUT2D eigenvalue weighted by atomic mass is 14.0. The summed E-state index contributed by atoms with van der Waals surface area (Å²) in [5.41, 5.74) is 0. The van der Waals surface area contributed by atoms with Crippen molar-refractivity contribution in [3.8, 4) is 0 Å². The van der Waals surface area contributed by atoms with E-state index in [0.717, 1.165) is 0 Å². The van der Waals surface area contributed by atoms with Gasteiger partial charge in [-0.1, -0.05) is 88.8 Å². The number of allylic oxidation sites excluding steroid dienone is 5. The fourth-order valence-electron chi connectivity index (χ4n) is 1.70. The minimum atomic E-state index is 1.20. The molecule has 0 bridgehead atoms. The molecular weight excluding hydrogens is 192 g/mol. The molecule has 0 unspecified atom stereocenters. The molecule has 0 aromatic carbocycles. The Kier molecular flexibility index (Phi) is 13.5. The molecule has 0 heterocycles. The maximum absolute atomic E-state index is 5.21. The average molecular weight is 219 g/mol. The molecule has 0 fully saturated rings. The van der Waals surface area contributed by atoms with E-state index in [1.807, 2.05) is 12.2 Å². The second-order valence-corrected chi connectivity index (χ2v) is 4.27. The lowest BCUT2D eigenvalue weighted by molar-refractivity contribution is 0.577. The minimum absolute atomic E-state index is 1.20. The lowest BCUT2D eigenvalue weighted by Gasteiger charge is -1.99. The summed E-state index contributed by atoms with van der Waals surface area (Å²) in [6, 6.07) is 0. The Balaban J connectivity index is 3.06. The van der Waals surface area contributed by atoms with E-state index >= 15 is 0 Å². The van der Waals surface area contributed by atoms with Gasteiger partial charge in [-0.3, -0.25) is 0 Å². The molecule has 0 amide bonds. The molecule has 0 atom stereocenters. The zero-order valence-electron chi connectivity index (χ0n) is 10.8. The predicted molar refractivity (Wildman–Crippen MR) is 74.4 cm³/mol. The lowest BCUT2D eigenvalue weighted by atomic mass is 10.1. The van der Waals surface area contributed by atoms with Crippen LogP contribution in [0.3, 0.4) is 0 Å². The first-order chi connectivity index (χ1) is 7.91. The molecule has 0 aliphatic rings. The summed E-state index contributed by atoms with van der Waals surface area (Å²) in [7, 11) is 0. The number of unbranched alkanes of at least 4 members (excludes halogenated alkanes) is 8. The van der Waals surface area contributed by atoms with E-state index < -0.39 is 0 Å². The second kappa shape index (κ2) is 14.2. The zero-order valence-corrected chi connectivity index (χ0v) is 10.8. The molecule has 0 saturated heterocycles. The highest BCUT2D eigenvalue weighted by Crippen LogP contribution is 2.09. The van der Waals surface area contributed by atoms with Gasteiger partial charge in [-0.15, -0.1) is 0 Å². The predicted octanol–water partition coefficient (Wildman–Crippen LogP) is 5.62. The first kappa shape index (κ1) is 15.2. The van der Waals surface area contributed by atoms with Gasteiger partial charge in [0.05, 0.1) is 0 Å². The molecule has 0 saturated carbocycles. The molecule has 0 aliphatic carbocycles. The fourth-order valence-corrected chi connectivity index (χ4v) is 1.70. The summed E-state index contributed by atoms with van der Waals surface area (Å²) < 4.78 is 0. The number of hydrogen-bond donors (Lipinski definition) is 0. The first-order valence-electron chi connectivity index (χ1n) is 6.78. The molecule has 0 heteroatoms. The molecule has 0 rings (SSSR count). The van der Waals surface area contributed by atoms with Gasteiger partial charge in [0, 0.05) is 0 Å². The van der Waals surface area contributed by atoms with E-state index in [1.165, 1.54) is 57.8 Å². The Morgan fingerprint density at radius 3 is 2.00 bits per heavy atom. The maximum atomic E-state index is 5.21. The van der Waals surface area contributed by atoms with Gasteiger partial charge in [0.1, 0.15) is 0 Å². The number of rotatable bonds is 11. The van der Waals surface area contributed by atoms with Crippen molar-refractivity contribution in [2.24, 2.45) is 0 Å². The van der Waals surface area contributed by atoms with Gasteiger partial charge in [-0.2, -0.15) is 0 Å². The standard InChI is InChI=1S/C16H27/c1-3-5-7-9-11-13-15-16-14-12-10-8-6-4-2/h1,3,5,7,9,11H,4,6,8,10,12-16H2,2H3/b3-1?,7-5+,11-9+. The molecule has 0 spiro atoms. The normalized spacial score (nSPS) is 11.6. The molecular formula is C16H27. The summed E-state index contributed by atoms with van der Waals surface area (Å²) >= 11 is 0. The van der Waals surface area contributed by atoms with E-state index in [2.05, 4.69) is 19.1 Å². The Bertz CT molecular complexity index is 186. The van der Waals surface area contributed by atoms with E-state index in [4.69, 9.17) is 6.58 Å². The third-order valence-electron chi connectivity index (χ3n) is 2.69. The molecule has 0 nitrogen and oxygen atoms in total. The maximum Gasteiger partial charge on any atom is -0.0348 e. The van der Waals surface area contributed by atoms with Crippen molar-refractivity contribution in [1.82, 2.24) is 0 Å². The highest BCUT2D eigenvalue weighted by Gasteiger charge is 1.89. The summed E-state index contributed by atoms with van der Waals surface area (Å²) in [6.07, 6.45) is 22.0. The minimum Gasteiger partial charge on any atom is -0.0845 e. The van der Waals surface area contributed by atoms with Crippen molar-refractivity contribution in [1.29, 1.82) is 0 Å². The van der Waals surface area contributed by atoms with E-state index in [0.29, 0.717) is 0 Å². The van der Waals surface area contributed by atoms with Crippen LogP contribution >= 0.6 is 0 Å². The van der Waals surface area contributed by atoms with E-state index in [1.54, 1.807) is 6.08 Å². The van der Waals surface area contributed by atoms with Crippen LogP contribution in [-0.2, 0) is 0 Å². The van der Waals surface area contributed by atoms with Crippen molar-refractivity contribution in [2.75, 3.05) is 0 Å². The Hall–Kier alpha value is -0.780. The monoisotopic (exact) mass is 219 g/mol. The van der Waals surface area contributed by atoms with Crippen LogP contribution in [-0.4, -0.2) is 0 Å². The van der Waals surface area contributed by atoms with Gasteiger partial charge in [0.25, 0.3) is 0 Å². The second-order valence-electron chi connectivity index (χ2n) is 4.27. The number of hydrogen-bond acceptors (Lipinski definition) is 0. The summed E-state index contributed by atoms with van der Waals surface area (Å²) in [4.78, 5) is 0. The van der Waals surface area contributed by atoms with Crippen molar-refractivity contribution in [2.45, 2.75) is 64.7 Å². The van der Waals surface area contributed by atoms with Crippen molar-refractivity contribution >= 4 is 0 Å². The zero-order chi connectivity index (χ0) is 11.9. The summed E-state index contributed by atoms with van der Waals surface area (Å²) in [6.45, 7) is 7.48. The van der Waals surface area contributed by atoms with Crippen molar-refractivity contribution in [3.63, 3.8) is 0 Å². The van der Waals surface area contributed by atoms with Gasteiger partial charge < -0.3 is 0 Å². The van der Waals surface area contributed by atoms with Gasteiger partial charge in [-0.25, -0.2) is 0 Å². The molecule has 0 N–H and O–H groups in total. The van der Waals surface area contributed by atoms with Crippen LogP contribution in [0.2, 0.25) is 0 Å².